The fourth-order valence-corrected chi connectivity index (χ4v) is 4.36. The number of nitrogens with one attached hydrogen (secondary N) is 1. The molecule has 0 spiro atoms. The number of aryl methyl sites for hydroxylation is 1. The van der Waals surface area contributed by atoms with E-state index in [9.17, 15) is 14.4 Å². The predicted molar refractivity (Wildman–Crippen MR) is 127 cm³/mol. The van der Waals surface area contributed by atoms with E-state index in [1.807, 2.05) is 6.07 Å². The van der Waals surface area contributed by atoms with Crippen LogP contribution in [0.1, 0.15) is 32.0 Å². The summed E-state index contributed by atoms with van der Waals surface area (Å²) >= 11 is 3.47. The minimum absolute atomic E-state index is 0.242. The number of benzene rings is 3. The zero-order valence-corrected chi connectivity index (χ0v) is 19.2. The van der Waals surface area contributed by atoms with E-state index in [4.69, 9.17) is 4.74 Å². The van der Waals surface area contributed by atoms with Crippen LogP contribution in [0.3, 0.4) is 0 Å². The van der Waals surface area contributed by atoms with Crippen LogP contribution in [0.4, 0.5) is 0 Å². The monoisotopic (exact) mass is 504 g/mol. The highest BCUT2D eigenvalue weighted by Gasteiger charge is 2.33. The normalized spacial score (nSPS) is 13.4. The van der Waals surface area contributed by atoms with Crippen LogP contribution in [0.5, 0.6) is 5.75 Å². The van der Waals surface area contributed by atoms with Crippen molar-refractivity contribution in [1.82, 2.24) is 14.8 Å². The molecule has 0 radical (unpaired) electrons. The molecule has 0 aliphatic carbocycles. The van der Waals surface area contributed by atoms with Gasteiger partial charge < -0.3 is 4.74 Å². The summed E-state index contributed by atoms with van der Waals surface area (Å²) in [4.78, 5) is 39.1. The van der Waals surface area contributed by atoms with Crippen molar-refractivity contribution in [2.45, 2.75) is 6.92 Å². The molecule has 0 atom stereocenters. The number of amides is 2. The first-order valence-corrected chi connectivity index (χ1v) is 10.8. The fourth-order valence-electron chi connectivity index (χ4n) is 3.89. The number of aromatic amines is 1. The molecule has 33 heavy (non-hydrogen) atoms. The molecule has 164 valence electrons. The first kappa shape index (κ1) is 20.9. The third-order valence-corrected chi connectivity index (χ3v) is 6.27. The molecule has 0 fully saturated rings. The van der Waals surface area contributed by atoms with Crippen molar-refractivity contribution < 1.29 is 14.3 Å². The zero-order valence-electron chi connectivity index (χ0n) is 17.6. The number of aromatic nitrogens is 2. The van der Waals surface area contributed by atoms with Gasteiger partial charge >= 0.3 is 0 Å². The largest absolute Gasteiger partial charge is 0.497 e. The molecular formula is C24H17BrN4O4. The van der Waals surface area contributed by atoms with Crippen LogP contribution >= 0.6 is 15.9 Å². The maximum Gasteiger partial charge on any atom is 0.282 e. The van der Waals surface area contributed by atoms with E-state index in [-0.39, 0.29) is 11.1 Å². The molecule has 5 rings (SSSR count). The summed E-state index contributed by atoms with van der Waals surface area (Å²) in [7, 11) is 1.56. The molecule has 1 N–H and O–H groups in total. The number of hydrogen-bond acceptors (Lipinski definition) is 5. The molecule has 2 amide bonds. The molecule has 0 bridgehead atoms. The molecule has 9 heteroatoms. The number of H-pyrrole nitrogens is 1. The molecule has 2 heterocycles. The van der Waals surface area contributed by atoms with Crippen LogP contribution in [-0.2, 0) is 0 Å². The molecular weight excluding hydrogens is 488 g/mol. The van der Waals surface area contributed by atoms with Crippen LogP contribution in [0.25, 0.3) is 16.5 Å². The Labute approximate surface area is 196 Å². The number of rotatable bonds is 4. The van der Waals surface area contributed by atoms with Crippen molar-refractivity contribution >= 4 is 44.7 Å². The molecule has 8 nitrogen and oxygen atoms in total. The van der Waals surface area contributed by atoms with Gasteiger partial charge in [-0.05, 0) is 54.8 Å². The highest BCUT2D eigenvalue weighted by Crippen LogP contribution is 2.34. The number of halogens is 1. The number of ether oxygens (including phenoxy) is 1. The van der Waals surface area contributed by atoms with Gasteiger partial charge in [-0.15, -0.1) is 0 Å². The lowest BCUT2D eigenvalue weighted by Crippen LogP contribution is -2.36. The van der Waals surface area contributed by atoms with Gasteiger partial charge in [0, 0.05) is 15.6 Å². The van der Waals surface area contributed by atoms with Gasteiger partial charge in [0.15, 0.2) is 0 Å². The summed E-state index contributed by atoms with van der Waals surface area (Å²) < 4.78 is 7.31. The molecule has 0 saturated carbocycles. The standard InChI is InChI=1S/C24H17BrN4O4/c1-13-19(24(32)28(27-13)14-6-8-15(33-2)9-7-14)12-26-29-22(30)17-5-3-4-16-20(25)11-10-18(21(16)17)23(29)31/h3-12,27H,1-2H3/b26-12+. The Morgan fingerprint density at radius 3 is 2.36 bits per heavy atom. The Morgan fingerprint density at radius 2 is 1.67 bits per heavy atom. The maximum absolute atomic E-state index is 13.1. The third kappa shape index (κ3) is 3.28. The Balaban J connectivity index is 1.53. The molecule has 1 aromatic heterocycles. The van der Waals surface area contributed by atoms with Gasteiger partial charge in [0.25, 0.3) is 17.4 Å². The van der Waals surface area contributed by atoms with Crippen molar-refractivity contribution in [1.29, 1.82) is 0 Å². The average Bonchev–Trinajstić information content (AvgIpc) is 3.11. The van der Waals surface area contributed by atoms with Gasteiger partial charge in [0.1, 0.15) is 5.75 Å². The number of carbonyl (C=O) groups excluding carboxylic acids is 2. The minimum Gasteiger partial charge on any atom is -0.497 e. The predicted octanol–water partition coefficient (Wildman–Crippen LogP) is 4.03. The van der Waals surface area contributed by atoms with Crippen LogP contribution in [0, 0.1) is 6.92 Å². The van der Waals surface area contributed by atoms with Gasteiger partial charge in [0.2, 0.25) is 0 Å². The second-order valence-corrected chi connectivity index (χ2v) is 8.33. The highest BCUT2D eigenvalue weighted by molar-refractivity contribution is 9.10. The molecule has 0 unspecified atom stereocenters. The number of hydrogen-bond donors (Lipinski definition) is 1. The van der Waals surface area contributed by atoms with Gasteiger partial charge in [-0.3, -0.25) is 19.5 Å². The van der Waals surface area contributed by atoms with Gasteiger partial charge in [-0.25, -0.2) is 4.68 Å². The van der Waals surface area contributed by atoms with Crippen LogP contribution in [0.2, 0.25) is 0 Å². The quantitative estimate of drug-likeness (QED) is 0.335. The lowest BCUT2D eigenvalue weighted by Gasteiger charge is -2.23. The van der Waals surface area contributed by atoms with E-state index in [1.54, 1.807) is 62.6 Å². The minimum atomic E-state index is -0.545. The molecule has 1 aliphatic heterocycles. The van der Waals surface area contributed by atoms with Gasteiger partial charge in [-0.2, -0.15) is 10.1 Å². The van der Waals surface area contributed by atoms with Crippen molar-refractivity contribution in [2.24, 2.45) is 5.10 Å². The van der Waals surface area contributed by atoms with Gasteiger partial charge in [0.05, 0.1) is 35.7 Å². The van der Waals surface area contributed by atoms with E-state index < -0.39 is 11.8 Å². The Morgan fingerprint density at radius 1 is 0.970 bits per heavy atom. The van der Waals surface area contributed by atoms with E-state index in [0.29, 0.717) is 33.6 Å². The lowest BCUT2D eigenvalue weighted by molar-refractivity contribution is 0.0616. The number of hydrazone groups is 1. The third-order valence-electron chi connectivity index (χ3n) is 5.58. The number of carbonyl (C=O) groups is 2. The smallest absolute Gasteiger partial charge is 0.282 e. The fraction of sp³-hybridized carbons (Fsp3) is 0.0833. The molecule has 3 aromatic carbocycles. The van der Waals surface area contributed by atoms with Crippen molar-refractivity contribution in [2.75, 3.05) is 7.11 Å². The number of nitrogens with zero attached hydrogens (tertiary/aromatic N) is 3. The van der Waals surface area contributed by atoms with Gasteiger partial charge in [-0.1, -0.05) is 28.1 Å². The second kappa shape index (κ2) is 7.86. The lowest BCUT2D eigenvalue weighted by atomic mass is 9.95. The second-order valence-electron chi connectivity index (χ2n) is 7.48. The Hall–Kier alpha value is -3.98. The van der Waals surface area contributed by atoms with E-state index in [0.717, 1.165) is 14.9 Å². The number of methoxy groups -OCH3 is 1. The highest BCUT2D eigenvalue weighted by atomic mass is 79.9. The van der Waals surface area contributed by atoms with Crippen LogP contribution in [0.15, 0.2) is 69.0 Å². The van der Waals surface area contributed by atoms with Crippen molar-refractivity contribution in [3.8, 4) is 11.4 Å². The SMILES string of the molecule is COc1ccc(-n2[nH]c(C)c(/C=N/N3C(=O)c4cccc5c(Br)ccc(c45)C3=O)c2=O)cc1. The topological polar surface area (TPSA) is 96.8 Å². The summed E-state index contributed by atoms with van der Waals surface area (Å²) in [6, 6.07) is 15.7. The molecule has 4 aromatic rings. The van der Waals surface area contributed by atoms with Crippen LogP contribution < -0.4 is 10.3 Å². The number of imide groups is 1. The summed E-state index contributed by atoms with van der Waals surface area (Å²) in [6.07, 6.45) is 1.24. The Kier molecular flexibility index (Phi) is 4.98. The van der Waals surface area contributed by atoms with E-state index >= 15 is 0 Å². The molecule has 0 saturated heterocycles. The zero-order chi connectivity index (χ0) is 23.3. The Bertz CT molecular complexity index is 1510. The summed E-state index contributed by atoms with van der Waals surface area (Å²) in [6.45, 7) is 1.72. The van der Waals surface area contributed by atoms with E-state index in [1.165, 1.54) is 10.9 Å². The summed E-state index contributed by atoms with van der Waals surface area (Å²) in [5.74, 6) is -0.423. The van der Waals surface area contributed by atoms with Crippen LogP contribution in [-0.4, -0.2) is 39.9 Å². The van der Waals surface area contributed by atoms with Crippen molar-refractivity contribution in [3.63, 3.8) is 0 Å². The van der Waals surface area contributed by atoms with Crippen molar-refractivity contribution in [3.05, 3.63) is 91.8 Å². The summed E-state index contributed by atoms with van der Waals surface area (Å²) in [5, 5.41) is 9.29. The maximum atomic E-state index is 13.1. The summed E-state index contributed by atoms with van der Waals surface area (Å²) in [5.41, 5.74) is 1.79. The first-order chi connectivity index (χ1) is 15.9. The van der Waals surface area contributed by atoms with E-state index in [2.05, 4.69) is 26.1 Å². The molecule has 1 aliphatic rings. The average molecular weight is 505 g/mol. The first-order valence-electron chi connectivity index (χ1n) is 10.0.